The molecule has 0 aliphatic rings. The third-order valence-electron chi connectivity index (χ3n) is 2.12. The van der Waals surface area contributed by atoms with Crippen LogP contribution in [0.15, 0.2) is 24.4 Å². The highest BCUT2D eigenvalue weighted by molar-refractivity contribution is 5.87. The Morgan fingerprint density at radius 2 is 2.25 bits per heavy atom. The van der Waals surface area contributed by atoms with Crippen LogP contribution in [-0.2, 0) is 7.05 Å². The van der Waals surface area contributed by atoms with Gasteiger partial charge in [0.1, 0.15) is 5.69 Å². The fraction of sp³-hybridized carbons (Fsp3) is 0.100. The maximum atomic E-state index is 12.6. The lowest BCUT2D eigenvalue weighted by Crippen LogP contribution is -2.04. The van der Waals surface area contributed by atoms with Gasteiger partial charge in [-0.3, -0.25) is 4.68 Å². The van der Waals surface area contributed by atoms with Crippen LogP contribution in [0.3, 0.4) is 0 Å². The average molecular weight is 221 g/mol. The van der Waals surface area contributed by atoms with Gasteiger partial charge in [-0.1, -0.05) is 0 Å². The predicted molar refractivity (Wildman–Crippen MR) is 53.4 cm³/mol. The molecule has 0 amide bonds. The zero-order valence-corrected chi connectivity index (χ0v) is 8.38. The first-order valence-corrected chi connectivity index (χ1v) is 4.47. The van der Waals surface area contributed by atoms with Crippen molar-refractivity contribution in [2.75, 3.05) is 0 Å². The highest BCUT2D eigenvalue weighted by Gasteiger charge is 2.12. The van der Waals surface area contributed by atoms with Gasteiger partial charge in [0.25, 0.3) is 0 Å². The molecule has 82 valence electrons. The van der Waals surface area contributed by atoms with E-state index in [0.29, 0.717) is 11.3 Å². The number of pyridine rings is 1. The van der Waals surface area contributed by atoms with Gasteiger partial charge in [0.05, 0.1) is 5.69 Å². The second kappa shape index (κ2) is 3.73. The maximum Gasteiger partial charge on any atom is 0.354 e. The minimum Gasteiger partial charge on any atom is -0.477 e. The van der Waals surface area contributed by atoms with Gasteiger partial charge in [0.2, 0.25) is 5.95 Å². The molecule has 0 unspecified atom stereocenters. The maximum absolute atomic E-state index is 12.6. The summed E-state index contributed by atoms with van der Waals surface area (Å²) in [5.74, 6) is -1.64. The standard InChI is InChI=1S/C10H8FN3O2/c1-14-8(10(15)16)4-7(13-14)6-2-3-9(11)12-5-6/h2-5H,1H3,(H,15,16). The molecule has 0 saturated carbocycles. The van der Waals surface area contributed by atoms with Crippen molar-refractivity contribution in [1.82, 2.24) is 14.8 Å². The number of carbonyl (C=O) groups is 1. The Hall–Kier alpha value is -2.24. The molecule has 2 rings (SSSR count). The van der Waals surface area contributed by atoms with Crippen LogP contribution in [0.2, 0.25) is 0 Å². The molecule has 0 radical (unpaired) electrons. The first kappa shape index (κ1) is 10.3. The molecule has 5 nitrogen and oxygen atoms in total. The van der Waals surface area contributed by atoms with Crippen LogP contribution in [0.5, 0.6) is 0 Å². The van der Waals surface area contributed by atoms with Gasteiger partial charge < -0.3 is 5.11 Å². The highest BCUT2D eigenvalue weighted by atomic mass is 19.1. The number of hydrogen-bond donors (Lipinski definition) is 1. The van der Waals surface area contributed by atoms with E-state index in [0.717, 1.165) is 0 Å². The zero-order chi connectivity index (χ0) is 11.7. The largest absolute Gasteiger partial charge is 0.477 e. The van der Waals surface area contributed by atoms with E-state index in [1.54, 1.807) is 0 Å². The van der Waals surface area contributed by atoms with E-state index in [1.165, 1.54) is 36.1 Å². The zero-order valence-electron chi connectivity index (χ0n) is 8.38. The Labute approximate surface area is 90.2 Å². The minimum absolute atomic E-state index is 0.0688. The lowest BCUT2D eigenvalue weighted by atomic mass is 10.2. The van der Waals surface area contributed by atoms with Crippen LogP contribution in [0.25, 0.3) is 11.3 Å². The van der Waals surface area contributed by atoms with Gasteiger partial charge in [-0.2, -0.15) is 9.49 Å². The molecule has 0 bridgehead atoms. The summed E-state index contributed by atoms with van der Waals surface area (Å²) in [6.45, 7) is 0. The Balaban J connectivity index is 2.45. The van der Waals surface area contributed by atoms with Crippen molar-refractivity contribution >= 4 is 5.97 Å². The molecule has 2 heterocycles. The second-order valence-corrected chi connectivity index (χ2v) is 3.21. The summed E-state index contributed by atoms with van der Waals surface area (Å²) in [4.78, 5) is 14.3. The molecule has 0 saturated heterocycles. The minimum atomic E-state index is -1.06. The monoisotopic (exact) mass is 221 g/mol. The number of carboxylic acid groups (broad SMARTS) is 1. The lowest BCUT2D eigenvalue weighted by Gasteiger charge is -1.94. The molecule has 1 N–H and O–H groups in total. The molecule has 2 aromatic heterocycles. The van der Waals surface area contributed by atoms with Crippen LogP contribution < -0.4 is 0 Å². The summed E-state index contributed by atoms with van der Waals surface area (Å²) in [6.07, 6.45) is 1.31. The van der Waals surface area contributed by atoms with Crippen LogP contribution in [0.1, 0.15) is 10.5 Å². The van der Waals surface area contributed by atoms with E-state index in [9.17, 15) is 9.18 Å². The van der Waals surface area contributed by atoms with Crippen LogP contribution in [-0.4, -0.2) is 25.8 Å². The molecule has 0 aliphatic heterocycles. The second-order valence-electron chi connectivity index (χ2n) is 3.21. The topological polar surface area (TPSA) is 68.0 Å². The lowest BCUT2D eigenvalue weighted by molar-refractivity contribution is 0.0685. The van der Waals surface area contributed by atoms with Crippen molar-refractivity contribution in [2.45, 2.75) is 0 Å². The fourth-order valence-electron chi connectivity index (χ4n) is 1.34. The molecule has 6 heteroatoms. The van der Waals surface area contributed by atoms with Gasteiger partial charge in [0.15, 0.2) is 0 Å². The van der Waals surface area contributed by atoms with Crippen LogP contribution in [0.4, 0.5) is 4.39 Å². The number of carboxylic acids is 1. The van der Waals surface area contributed by atoms with E-state index < -0.39 is 11.9 Å². The van der Waals surface area contributed by atoms with Crippen molar-refractivity contribution in [3.05, 3.63) is 36.0 Å². The summed E-state index contributed by atoms with van der Waals surface area (Å²) < 4.78 is 13.8. The normalized spacial score (nSPS) is 10.4. The van der Waals surface area contributed by atoms with Crippen molar-refractivity contribution in [1.29, 1.82) is 0 Å². The third-order valence-corrected chi connectivity index (χ3v) is 2.12. The molecule has 0 fully saturated rings. The van der Waals surface area contributed by atoms with Crippen LogP contribution in [0, 0.1) is 5.95 Å². The van der Waals surface area contributed by atoms with Crippen molar-refractivity contribution in [2.24, 2.45) is 7.05 Å². The van der Waals surface area contributed by atoms with Crippen LogP contribution >= 0.6 is 0 Å². The first-order chi connectivity index (χ1) is 7.58. The first-order valence-electron chi connectivity index (χ1n) is 4.47. The van der Waals surface area contributed by atoms with E-state index >= 15 is 0 Å². The summed E-state index contributed by atoms with van der Waals surface area (Å²) in [5, 5.41) is 12.8. The molecule has 0 aromatic carbocycles. The average Bonchev–Trinajstić information content (AvgIpc) is 2.61. The number of hydrogen-bond acceptors (Lipinski definition) is 3. The Kier molecular flexibility index (Phi) is 2.40. The third kappa shape index (κ3) is 1.77. The Morgan fingerprint density at radius 1 is 1.50 bits per heavy atom. The summed E-state index contributed by atoms with van der Waals surface area (Å²) in [6, 6.07) is 4.11. The van der Waals surface area contributed by atoms with Gasteiger partial charge in [-0.25, -0.2) is 9.78 Å². The molecule has 2 aromatic rings. The number of aromatic carboxylic acids is 1. The predicted octanol–water partition coefficient (Wildman–Crippen LogP) is 1.32. The molecular formula is C10H8FN3O2. The van der Waals surface area contributed by atoms with Gasteiger partial charge >= 0.3 is 5.97 Å². The van der Waals surface area contributed by atoms with Crippen molar-refractivity contribution in [3.8, 4) is 11.3 Å². The highest BCUT2D eigenvalue weighted by Crippen LogP contribution is 2.17. The number of aromatic nitrogens is 3. The number of nitrogens with zero attached hydrogens (tertiary/aromatic N) is 3. The molecular weight excluding hydrogens is 213 g/mol. The van der Waals surface area contributed by atoms with E-state index in [1.807, 2.05) is 0 Å². The fourth-order valence-corrected chi connectivity index (χ4v) is 1.34. The van der Waals surface area contributed by atoms with E-state index in [-0.39, 0.29) is 5.69 Å². The smallest absolute Gasteiger partial charge is 0.354 e. The Bertz CT molecular complexity index is 533. The number of aryl methyl sites for hydroxylation is 1. The quantitative estimate of drug-likeness (QED) is 0.776. The van der Waals surface area contributed by atoms with Gasteiger partial charge in [-0.15, -0.1) is 0 Å². The van der Waals surface area contributed by atoms with Crippen molar-refractivity contribution in [3.63, 3.8) is 0 Å². The number of halogens is 1. The molecule has 0 atom stereocenters. The summed E-state index contributed by atoms with van der Waals surface area (Å²) in [7, 11) is 1.53. The SMILES string of the molecule is Cn1nc(-c2ccc(F)nc2)cc1C(=O)O. The van der Waals surface area contributed by atoms with Gasteiger partial charge in [-0.05, 0) is 18.2 Å². The molecule has 0 aliphatic carbocycles. The Morgan fingerprint density at radius 3 is 2.75 bits per heavy atom. The summed E-state index contributed by atoms with van der Waals surface area (Å²) in [5.41, 5.74) is 1.09. The molecule has 16 heavy (non-hydrogen) atoms. The van der Waals surface area contributed by atoms with Gasteiger partial charge in [0, 0.05) is 18.8 Å². The number of rotatable bonds is 2. The van der Waals surface area contributed by atoms with Crippen molar-refractivity contribution < 1.29 is 14.3 Å². The van der Waals surface area contributed by atoms with E-state index in [2.05, 4.69) is 10.1 Å². The molecule has 0 spiro atoms. The summed E-state index contributed by atoms with van der Waals surface area (Å²) >= 11 is 0. The van der Waals surface area contributed by atoms with E-state index in [4.69, 9.17) is 5.11 Å².